The molecule has 0 bridgehead atoms. The zero-order valence-corrected chi connectivity index (χ0v) is 12.3. The Morgan fingerprint density at radius 3 is 1.53 bits per heavy atom. The van der Waals surface area contributed by atoms with Crippen LogP contribution in [0.15, 0.2) is 12.2 Å². The van der Waals surface area contributed by atoms with Crippen LogP contribution in [0, 0.1) is 0 Å². The van der Waals surface area contributed by atoms with Gasteiger partial charge in [-0.25, -0.2) is 0 Å². The molecule has 4 nitrogen and oxygen atoms in total. The van der Waals surface area contributed by atoms with Crippen LogP contribution in [0.3, 0.4) is 0 Å². The summed E-state index contributed by atoms with van der Waals surface area (Å²) in [5.74, 6) is -0.891. The summed E-state index contributed by atoms with van der Waals surface area (Å²) in [5, 5.41) is 0. The maximum absolute atomic E-state index is 11.4. The van der Waals surface area contributed by atoms with Crippen molar-refractivity contribution in [3.8, 4) is 0 Å². The molecule has 5 heteroatoms. The average molecular weight is 319 g/mol. The third-order valence-corrected chi connectivity index (χ3v) is 14.6. The predicted molar refractivity (Wildman–Crippen MR) is 57.3 cm³/mol. The molecule has 0 fully saturated rings. The van der Waals surface area contributed by atoms with E-state index in [4.69, 9.17) is 6.15 Å². The Bertz CT molecular complexity index is 277. The number of hydrogen-bond acceptors (Lipinski definition) is 4. The van der Waals surface area contributed by atoms with Crippen LogP contribution in [-0.4, -0.2) is 31.1 Å². The van der Waals surface area contributed by atoms with Gasteiger partial charge in [-0.05, 0) is 0 Å². The van der Waals surface area contributed by atoms with E-state index >= 15 is 0 Å². The Kier molecular flexibility index (Phi) is 3.81. The third kappa shape index (κ3) is 2.53. The summed E-state index contributed by atoms with van der Waals surface area (Å²) in [6.45, 7) is 7.79. The molecule has 1 heterocycles. The molecule has 84 valence electrons. The quantitative estimate of drug-likeness (QED) is 0.730. The van der Waals surface area contributed by atoms with Gasteiger partial charge in [-0.1, -0.05) is 0 Å². The van der Waals surface area contributed by atoms with E-state index in [0.717, 1.165) is 12.2 Å². The molecule has 0 unspecified atom stereocenters. The van der Waals surface area contributed by atoms with Crippen LogP contribution in [0.4, 0.5) is 0 Å². The van der Waals surface area contributed by atoms with Crippen molar-refractivity contribution in [1.29, 1.82) is 0 Å². The first-order valence-corrected chi connectivity index (χ1v) is 10.6. The van der Waals surface area contributed by atoms with Gasteiger partial charge in [0.05, 0.1) is 0 Å². The minimum absolute atomic E-state index is 0.118. The summed E-state index contributed by atoms with van der Waals surface area (Å²) in [7, 11) is 0. The molecule has 0 N–H and O–H groups in total. The number of rotatable bonds is 2. The Balaban J connectivity index is 3.08. The van der Waals surface area contributed by atoms with Crippen LogP contribution in [0.5, 0.6) is 0 Å². The molecule has 1 aliphatic rings. The molecule has 0 saturated carbocycles. The molecule has 0 aromatic heterocycles. The van der Waals surface area contributed by atoms with Crippen molar-refractivity contribution in [3.05, 3.63) is 12.2 Å². The van der Waals surface area contributed by atoms with E-state index in [2.05, 4.69) is 0 Å². The fourth-order valence-corrected chi connectivity index (χ4v) is 10.5. The normalized spacial score (nSPS) is 20.1. The van der Waals surface area contributed by atoms with E-state index in [0.29, 0.717) is 0 Å². The van der Waals surface area contributed by atoms with Gasteiger partial charge in [0.2, 0.25) is 0 Å². The summed E-state index contributed by atoms with van der Waals surface area (Å²) in [6, 6.07) is 0. The van der Waals surface area contributed by atoms with Crippen molar-refractivity contribution in [2.45, 2.75) is 35.6 Å². The Morgan fingerprint density at radius 1 is 0.933 bits per heavy atom. The molecular formula is C10H16O4Sn. The fourth-order valence-electron chi connectivity index (χ4n) is 1.68. The van der Waals surface area contributed by atoms with Gasteiger partial charge in [0.25, 0.3) is 0 Å². The molecule has 0 radical (unpaired) electrons. The molecule has 0 aliphatic carbocycles. The van der Waals surface area contributed by atoms with Gasteiger partial charge in [-0.2, -0.15) is 0 Å². The van der Waals surface area contributed by atoms with Crippen molar-refractivity contribution < 1.29 is 15.7 Å². The third-order valence-electron chi connectivity index (χ3n) is 2.49. The van der Waals surface area contributed by atoms with E-state index in [1.807, 2.05) is 27.7 Å². The monoisotopic (exact) mass is 320 g/mol. The van der Waals surface area contributed by atoms with Gasteiger partial charge >= 0.3 is 94.6 Å². The molecule has 0 atom stereocenters. The first-order valence-electron chi connectivity index (χ1n) is 5.02. The van der Waals surface area contributed by atoms with Gasteiger partial charge in [-0.15, -0.1) is 0 Å². The summed E-state index contributed by atoms with van der Waals surface area (Å²) >= 11 is -3.61. The van der Waals surface area contributed by atoms with Crippen molar-refractivity contribution in [2.24, 2.45) is 0 Å². The molecule has 0 aromatic rings. The maximum atomic E-state index is 11.4. The first-order chi connectivity index (χ1) is 6.88. The molecule has 15 heavy (non-hydrogen) atoms. The number of hydrogen-bond donors (Lipinski definition) is 0. The second kappa shape index (κ2) is 4.55. The summed E-state index contributed by atoms with van der Waals surface area (Å²) in [6.07, 6.45) is 2.29. The van der Waals surface area contributed by atoms with Gasteiger partial charge in [0.15, 0.2) is 0 Å². The number of carbonyl (C=O) groups is 2. The Hall–Kier alpha value is -0.521. The molecule has 0 saturated heterocycles. The van der Waals surface area contributed by atoms with Crippen molar-refractivity contribution in [3.63, 3.8) is 0 Å². The summed E-state index contributed by atoms with van der Waals surface area (Å²) in [4.78, 5) is 22.7. The molecule has 0 aromatic carbocycles. The van der Waals surface area contributed by atoms with Crippen LogP contribution >= 0.6 is 0 Å². The predicted octanol–water partition coefficient (Wildman–Crippen LogP) is 1.90. The average Bonchev–Trinajstić information content (AvgIpc) is 2.26. The van der Waals surface area contributed by atoms with Crippen molar-refractivity contribution in [2.75, 3.05) is 0 Å². The van der Waals surface area contributed by atoms with E-state index < -0.39 is 31.1 Å². The second-order valence-electron chi connectivity index (χ2n) is 4.21. The molecule has 0 spiro atoms. The van der Waals surface area contributed by atoms with Gasteiger partial charge < -0.3 is 0 Å². The molecule has 0 amide bonds. The van der Waals surface area contributed by atoms with E-state index in [1.165, 1.54) is 0 Å². The SMILES string of the molecule is C[CH](C)[Sn]1([CH](C)C)[O]C(=O)C=CC(=O)[O]1. The van der Waals surface area contributed by atoms with Crippen LogP contribution in [0.1, 0.15) is 27.7 Å². The number of carbonyl (C=O) groups excluding carboxylic acids is 2. The Labute approximate surface area is 94.6 Å². The standard InChI is InChI=1S/C4H4O4.2C3H7.Sn/c5-3(6)1-2-4(7)8;2*1-3-2;/h1-2H,(H,5,6)(H,7,8);2*3H,1-2H3;/q;;;+2/p-2. The zero-order valence-electron chi connectivity index (χ0n) is 9.44. The van der Waals surface area contributed by atoms with Crippen LogP contribution in [0.25, 0.3) is 0 Å². The van der Waals surface area contributed by atoms with Gasteiger partial charge in [0, 0.05) is 0 Å². The van der Waals surface area contributed by atoms with Crippen molar-refractivity contribution >= 4 is 31.1 Å². The van der Waals surface area contributed by atoms with Crippen LogP contribution in [-0.2, 0) is 15.7 Å². The Morgan fingerprint density at radius 2 is 1.27 bits per heavy atom. The fraction of sp³-hybridized carbons (Fsp3) is 0.600. The van der Waals surface area contributed by atoms with E-state index in [-0.39, 0.29) is 7.87 Å². The second-order valence-corrected chi connectivity index (χ2v) is 16.1. The van der Waals surface area contributed by atoms with Crippen LogP contribution < -0.4 is 0 Å². The van der Waals surface area contributed by atoms with E-state index in [9.17, 15) is 9.59 Å². The molecule has 1 rings (SSSR count). The molecule has 1 aliphatic heterocycles. The first kappa shape index (κ1) is 12.5. The van der Waals surface area contributed by atoms with Gasteiger partial charge in [0.1, 0.15) is 0 Å². The topological polar surface area (TPSA) is 52.6 Å². The zero-order chi connectivity index (χ0) is 11.6. The summed E-state index contributed by atoms with van der Waals surface area (Å²) in [5.41, 5.74) is 0. The van der Waals surface area contributed by atoms with Crippen molar-refractivity contribution in [1.82, 2.24) is 0 Å². The molecular weight excluding hydrogens is 303 g/mol. The summed E-state index contributed by atoms with van der Waals surface area (Å²) < 4.78 is 11.1. The van der Waals surface area contributed by atoms with Crippen LogP contribution in [0.2, 0.25) is 7.87 Å². The minimum atomic E-state index is -3.61. The van der Waals surface area contributed by atoms with Gasteiger partial charge in [-0.3, -0.25) is 0 Å². The van der Waals surface area contributed by atoms with E-state index in [1.54, 1.807) is 0 Å².